The predicted octanol–water partition coefficient (Wildman–Crippen LogP) is 4.76. The lowest BCUT2D eigenvalue weighted by atomic mass is 10.0. The lowest BCUT2D eigenvalue weighted by Crippen LogP contribution is -2.23. The summed E-state index contributed by atoms with van der Waals surface area (Å²) in [5.41, 5.74) is 2.55. The number of nitrogens with one attached hydrogen (secondary N) is 1. The van der Waals surface area contributed by atoms with Gasteiger partial charge < -0.3 is 9.73 Å². The second kappa shape index (κ2) is 6.55. The van der Waals surface area contributed by atoms with E-state index in [1.165, 1.54) is 15.6 Å². The van der Waals surface area contributed by atoms with Crippen molar-refractivity contribution in [1.29, 1.82) is 0 Å². The van der Waals surface area contributed by atoms with Crippen molar-refractivity contribution >= 4 is 27.3 Å². The predicted molar refractivity (Wildman–Crippen MR) is 80.2 cm³/mol. The fourth-order valence-electron chi connectivity index (χ4n) is 2.07. The first-order chi connectivity index (χ1) is 8.77. The Balaban J connectivity index is 2.34. The Labute approximate surface area is 121 Å². The molecule has 0 aromatic carbocycles. The summed E-state index contributed by atoms with van der Waals surface area (Å²) in [6, 6.07) is 2.30. The average molecular weight is 328 g/mol. The van der Waals surface area contributed by atoms with Crippen LogP contribution in [0.3, 0.4) is 0 Å². The molecule has 1 N–H and O–H groups in total. The monoisotopic (exact) mass is 327 g/mol. The van der Waals surface area contributed by atoms with Crippen LogP contribution < -0.4 is 5.32 Å². The number of hydrogen-bond donors (Lipinski definition) is 1. The highest BCUT2D eigenvalue weighted by molar-refractivity contribution is 9.10. The lowest BCUT2D eigenvalue weighted by Gasteiger charge is -2.18. The van der Waals surface area contributed by atoms with Crippen LogP contribution in [0.4, 0.5) is 0 Å². The minimum Gasteiger partial charge on any atom is -0.469 e. The van der Waals surface area contributed by atoms with Crippen LogP contribution in [0.2, 0.25) is 0 Å². The van der Waals surface area contributed by atoms with Gasteiger partial charge in [-0.15, -0.1) is 0 Å². The highest BCUT2D eigenvalue weighted by Gasteiger charge is 2.21. The minimum atomic E-state index is 0.222. The molecule has 0 bridgehead atoms. The molecule has 0 aliphatic heterocycles. The standard InChI is InChI=1S/C14H18BrNOS/c1-3-6-16-14(11-8-18-9-12(11)15)10-5-7-17-13(10)4-2/h5,7-9,14,16H,3-4,6H2,1-2H3. The second-order valence-electron chi connectivity index (χ2n) is 4.21. The van der Waals surface area contributed by atoms with Crippen LogP contribution in [0.25, 0.3) is 0 Å². The van der Waals surface area contributed by atoms with E-state index < -0.39 is 0 Å². The van der Waals surface area contributed by atoms with Gasteiger partial charge in [0.05, 0.1) is 12.3 Å². The molecule has 1 unspecified atom stereocenters. The summed E-state index contributed by atoms with van der Waals surface area (Å²) in [7, 11) is 0. The summed E-state index contributed by atoms with van der Waals surface area (Å²) in [5, 5.41) is 7.93. The topological polar surface area (TPSA) is 25.2 Å². The molecule has 2 heterocycles. The normalized spacial score (nSPS) is 12.8. The van der Waals surface area contributed by atoms with Crippen molar-refractivity contribution in [3.05, 3.63) is 44.4 Å². The third-order valence-electron chi connectivity index (χ3n) is 2.96. The van der Waals surface area contributed by atoms with E-state index in [-0.39, 0.29) is 6.04 Å². The second-order valence-corrected chi connectivity index (χ2v) is 5.81. The van der Waals surface area contributed by atoms with E-state index in [0.29, 0.717) is 0 Å². The Kier molecular flexibility index (Phi) is 5.03. The zero-order valence-corrected chi connectivity index (χ0v) is 13.1. The number of aryl methyl sites for hydroxylation is 1. The molecule has 0 saturated carbocycles. The molecule has 18 heavy (non-hydrogen) atoms. The van der Waals surface area contributed by atoms with Crippen LogP contribution in [0.5, 0.6) is 0 Å². The van der Waals surface area contributed by atoms with Crippen molar-refractivity contribution in [2.75, 3.05) is 6.54 Å². The lowest BCUT2D eigenvalue weighted by molar-refractivity contribution is 0.500. The summed E-state index contributed by atoms with van der Waals surface area (Å²) in [4.78, 5) is 0. The van der Waals surface area contributed by atoms with Crippen molar-refractivity contribution in [2.24, 2.45) is 0 Å². The smallest absolute Gasteiger partial charge is 0.108 e. The summed E-state index contributed by atoms with van der Waals surface area (Å²) in [6.07, 6.45) is 3.83. The van der Waals surface area contributed by atoms with E-state index in [4.69, 9.17) is 4.42 Å². The van der Waals surface area contributed by atoms with Gasteiger partial charge in [-0.25, -0.2) is 0 Å². The van der Waals surface area contributed by atoms with Gasteiger partial charge in [-0.1, -0.05) is 13.8 Å². The zero-order valence-electron chi connectivity index (χ0n) is 10.7. The molecular weight excluding hydrogens is 310 g/mol. The Hall–Kier alpha value is -0.580. The van der Waals surface area contributed by atoms with Crippen LogP contribution in [0.15, 0.2) is 32.0 Å². The van der Waals surface area contributed by atoms with Gasteiger partial charge in [0.15, 0.2) is 0 Å². The molecular formula is C14H18BrNOS. The molecule has 2 aromatic rings. The maximum absolute atomic E-state index is 5.56. The summed E-state index contributed by atoms with van der Waals surface area (Å²) in [6.45, 7) is 5.31. The highest BCUT2D eigenvalue weighted by atomic mass is 79.9. The third kappa shape index (κ3) is 2.87. The molecule has 2 aromatic heterocycles. The third-order valence-corrected chi connectivity index (χ3v) is 4.72. The average Bonchev–Trinajstić information content (AvgIpc) is 2.99. The number of halogens is 1. The number of thiophene rings is 1. The fourth-order valence-corrected chi connectivity index (χ4v) is 3.62. The van der Waals surface area contributed by atoms with Crippen molar-refractivity contribution in [3.63, 3.8) is 0 Å². The van der Waals surface area contributed by atoms with Gasteiger partial charge in [0.1, 0.15) is 5.76 Å². The summed E-state index contributed by atoms with van der Waals surface area (Å²) >= 11 is 5.35. The van der Waals surface area contributed by atoms with Crippen LogP contribution in [-0.4, -0.2) is 6.54 Å². The molecule has 1 atom stereocenters. The number of furan rings is 1. The van der Waals surface area contributed by atoms with Gasteiger partial charge in [-0.05, 0) is 45.9 Å². The first kappa shape index (κ1) is 13.8. The van der Waals surface area contributed by atoms with E-state index in [0.717, 1.165) is 25.1 Å². The largest absolute Gasteiger partial charge is 0.469 e. The van der Waals surface area contributed by atoms with E-state index in [9.17, 15) is 0 Å². The van der Waals surface area contributed by atoms with E-state index in [2.05, 4.69) is 51.9 Å². The van der Waals surface area contributed by atoms with Gasteiger partial charge in [0.2, 0.25) is 0 Å². The molecule has 0 spiro atoms. The van der Waals surface area contributed by atoms with Crippen LogP contribution in [-0.2, 0) is 6.42 Å². The van der Waals surface area contributed by atoms with Crippen molar-refractivity contribution in [1.82, 2.24) is 5.32 Å². The first-order valence-corrected chi connectivity index (χ1v) is 8.02. The van der Waals surface area contributed by atoms with Crippen LogP contribution in [0, 0.1) is 0 Å². The van der Waals surface area contributed by atoms with Crippen LogP contribution in [0.1, 0.15) is 43.2 Å². The van der Waals surface area contributed by atoms with Gasteiger partial charge in [-0.3, -0.25) is 0 Å². The van der Waals surface area contributed by atoms with Crippen LogP contribution >= 0.6 is 27.3 Å². The molecule has 2 rings (SSSR count). The molecule has 0 fully saturated rings. The van der Waals surface area contributed by atoms with Crippen molar-refractivity contribution in [3.8, 4) is 0 Å². The van der Waals surface area contributed by atoms with Crippen molar-refractivity contribution in [2.45, 2.75) is 32.7 Å². The molecule has 0 amide bonds. The summed E-state index contributed by atoms with van der Waals surface area (Å²) < 4.78 is 6.73. The molecule has 0 aliphatic rings. The molecule has 0 saturated heterocycles. The minimum absolute atomic E-state index is 0.222. The molecule has 0 aliphatic carbocycles. The Morgan fingerprint density at radius 3 is 2.78 bits per heavy atom. The maximum atomic E-state index is 5.56. The van der Waals surface area contributed by atoms with E-state index >= 15 is 0 Å². The van der Waals surface area contributed by atoms with E-state index in [1.807, 2.05) is 0 Å². The quantitative estimate of drug-likeness (QED) is 0.827. The number of rotatable bonds is 6. The first-order valence-electron chi connectivity index (χ1n) is 6.29. The van der Waals surface area contributed by atoms with Crippen molar-refractivity contribution < 1.29 is 4.42 Å². The summed E-state index contributed by atoms with van der Waals surface area (Å²) in [5.74, 6) is 1.07. The fraction of sp³-hybridized carbons (Fsp3) is 0.429. The Morgan fingerprint density at radius 2 is 2.17 bits per heavy atom. The zero-order chi connectivity index (χ0) is 13.0. The number of hydrogen-bond acceptors (Lipinski definition) is 3. The van der Waals surface area contributed by atoms with E-state index in [1.54, 1.807) is 17.6 Å². The molecule has 98 valence electrons. The van der Waals surface area contributed by atoms with Gasteiger partial charge >= 0.3 is 0 Å². The Morgan fingerprint density at radius 1 is 1.33 bits per heavy atom. The van der Waals surface area contributed by atoms with Gasteiger partial charge in [-0.2, -0.15) is 11.3 Å². The molecule has 0 radical (unpaired) electrons. The van der Waals surface area contributed by atoms with Gasteiger partial charge in [0, 0.05) is 21.8 Å². The SMILES string of the molecule is CCCNC(c1cscc1Br)c1ccoc1CC. The Bertz CT molecular complexity index is 491. The highest BCUT2D eigenvalue weighted by Crippen LogP contribution is 2.33. The molecule has 4 heteroatoms. The van der Waals surface area contributed by atoms with Gasteiger partial charge in [0.25, 0.3) is 0 Å². The molecule has 2 nitrogen and oxygen atoms in total. The maximum Gasteiger partial charge on any atom is 0.108 e.